The summed E-state index contributed by atoms with van der Waals surface area (Å²) in [5.74, 6) is 1.14. The molecule has 0 bridgehead atoms. The van der Waals surface area contributed by atoms with Gasteiger partial charge >= 0.3 is 0 Å². The normalized spacial score (nSPS) is 28.8. The third-order valence-corrected chi connectivity index (χ3v) is 6.74. The molecule has 0 aromatic carbocycles. The predicted octanol–water partition coefficient (Wildman–Crippen LogP) is 3.00. The fourth-order valence-corrected chi connectivity index (χ4v) is 5.61. The van der Waals surface area contributed by atoms with Gasteiger partial charge in [-0.05, 0) is 44.1 Å². The van der Waals surface area contributed by atoms with Gasteiger partial charge in [0.2, 0.25) is 0 Å². The van der Waals surface area contributed by atoms with Crippen molar-refractivity contribution < 1.29 is 8.42 Å². The lowest BCUT2D eigenvalue weighted by Gasteiger charge is -2.36. The van der Waals surface area contributed by atoms with Gasteiger partial charge in [-0.1, -0.05) is 34.1 Å². The molecular formula is C15H31NO2S. The molecule has 3 atom stereocenters. The maximum atomic E-state index is 12.6. The molecule has 4 heteroatoms. The molecule has 0 heterocycles. The molecule has 0 spiro atoms. The summed E-state index contributed by atoms with van der Waals surface area (Å²) in [5.41, 5.74) is 0. The third kappa shape index (κ3) is 5.07. The van der Waals surface area contributed by atoms with Gasteiger partial charge in [0, 0.05) is 6.04 Å². The van der Waals surface area contributed by atoms with Gasteiger partial charge in [-0.25, -0.2) is 8.42 Å². The van der Waals surface area contributed by atoms with Gasteiger partial charge in [-0.15, -0.1) is 0 Å². The summed E-state index contributed by atoms with van der Waals surface area (Å²) < 4.78 is 25.2. The predicted molar refractivity (Wildman–Crippen MR) is 82.1 cm³/mol. The summed E-state index contributed by atoms with van der Waals surface area (Å²) in [6.45, 7) is 9.21. The molecule has 0 aromatic rings. The van der Waals surface area contributed by atoms with E-state index in [4.69, 9.17) is 0 Å². The lowest BCUT2D eigenvalue weighted by atomic mass is 9.84. The van der Waals surface area contributed by atoms with Crippen molar-refractivity contribution in [2.45, 2.75) is 71.1 Å². The molecule has 1 aliphatic rings. The lowest BCUT2D eigenvalue weighted by molar-refractivity contribution is 0.287. The van der Waals surface area contributed by atoms with Crippen molar-refractivity contribution in [3.8, 4) is 0 Å². The van der Waals surface area contributed by atoms with Crippen LogP contribution < -0.4 is 5.32 Å². The zero-order chi connectivity index (χ0) is 14.5. The fourth-order valence-electron chi connectivity index (χ4n) is 3.13. The second kappa shape index (κ2) is 7.63. The first kappa shape index (κ1) is 17.0. The molecule has 1 N–H and O–H groups in total. The van der Waals surface area contributed by atoms with Crippen LogP contribution in [0.5, 0.6) is 0 Å². The second-order valence-electron chi connectivity index (χ2n) is 6.41. The van der Waals surface area contributed by atoms with E-state index in [0.29, 0.717) is 11.7 Å². The maximum Gasteiger partial charge on any atom is 0.154 e. The fraction of sp³-hybridized carbons (Fsp3) is 1.00. The van der Waals surface area contributed by atoms with Gasteiger partial charge in [0.1, 0.15) is 0 Å². The summed E-state index contributed by atoms with van der Waals surface area (Å²) in [5, 5.41) is 3.30. The molecular weight excluding hydrogens is 258 g/mol. The highest BCUT2D eigenvalue weighted by molar-refractivity contribution is 7.92. The molecule has 3 unspecified atom stereocenters. The molecule has 1 rings (SSSR count). The Morgan fingerprint density at radius 1 is 1.21 bits per heavy atom. The number of nitrogens with one attached hydrogen (secondary N) is 1. The Morgan fingerprint density at radius 3 is 2.42 bits per heavy atom. The van der Waals surface area contributed by atoms with E-state index in [-0.39, 0.29) is 17.2 Å². The van der Waals surface area contributed by atoms with Gasteiger partial charge in [0.05, 0.1) is 11.0 Å². The van der Waals surface area contributed by atoms with E-state index in [1.54, 1.807) is 0 Å². The molecule has 3 nitrogen and oxygen atoms in total. The van der Waals surface area contributed by atoms with Crippen LogP contribution in [0, 0.1) is 11.8 Å². The highest BCUT2D eigenvalue weighted by atomic mass is 32.2. The minimum Gasteiger partial charge on any atom is -0.313 e. The molecule has 0 radical (unpaired) electrons. The largest absolute Gasteiger partial charge is 0.313 e. The van der Waals surface area contributed by atoms with Crippen molar-refractivity contribution in [1.82, 2.24) is 5.32 Å². The van der Waals surface area contributed by atoms with Gasteiger partial charge in [-0.3, -0.25) is 0 Å². The zero-order valence-electron chi connectivity index (χ0n) is 13.0. The number of rotatable bonds is 7. The minimum absolute atomic E-state index is 0.167. The van der Waals surface area contributed by atoms with Crippen molar-refractivity contribution in [3.63, 3.8) is 0 Å². The SMILES string of the molecule is CCCNC1CCC(CC)CC1S(=O)(=O)CC(C)C. The van der Waals surface area contributed by atoms with E-state index in [1.807, 2.05) is 13.8 Å². The Hall–Kier alpha value is -0.0900. The lowest BCUT2D eigenvalue weighted by Crippen LogP contribution is -2.49. The molecule has 1 fully saturated rings. The topological polar surface area (TPSA) is 46.2 Å². The molecule has 0 aromatic heterocycles. The average molecular weight is 289 g/mol. The quantitative estimate of drug-likeness (QED) is 0.783. The first-order chi connectivity index (χ1) is 8.90. The molecule has 0 saturated heterocycles. The van der Waals surface area contributed by atoms with Gasteiger partial charge < -0.3 is 5.32 Å². The van der Waals surface area contributed by atoms with E-state index < -0.39 is 9.84 Å². The van der Waals surface area contributed by atoms with Crippen LogP contribution >= 0.6 is 0 Å². The first-order valence-electron chi connectivity index (χ1n) is 7.85. The highest BCUT2D eigenvalue weighted by Crippen LogP contribution is 2.32. The molecule has 19 heavy (non-hydrogen) atoms. The maximum absolute atomic E-state index is 12.6. The van der Waals surface area contributed by atoms with Gasteiger partial charge in [0.15, 0.2) is 9.84 Å². The van der Waals surface area contributed by atoms with Crippen molar-refractivity contribution in [1.29, 1.82) is 0 Å². The third-order valence-electron chi connectivity index (χ3n) is 4.16. The number of hydrogen-bond acceptors (Lipinski definition) is 3. The van der Waals surface area contributed by atoms with Crippen LogP contribution in [0.1, 0.15) is 59.8 Å². The van der Waals surface area contributed by atoms with E-state index in [2.05, 4.69) is 19.2 Å². The zero-order valence-corrected chi connectivity index (χ0v) is 13.8. The van der Waals surface area contributed by atoms with E-state index >= 15 is 0 Å². The van der Waals surface area contributed by atoms with Crippen LogP contribution in [0.25, 0.3) is 0 Å². The summed E-state index contributed by atoms with van der Waals surface area (Å²) in [4.78, 5) is 0. The highest BCUT2D eigenvalue weighted by Gasteiger charge is 2.38. The average Bonchev–Trinajstić information content (AvgIpc) is 2.34. The Balaban J connectivity index is 2.80. The van der Waals surface area contributed by atoms with Gasteiger partial charge in [0.25, 0.3) is 0 Å². The smallest absolute Gasteiger partial charge is 0.154 e. The van der Waals surface area contributed by atoms with Crippen molar-refractivity contribution >= 4 is 9.84 Å². The molecule has 0 aliphatic heterocycles. The summed E-state index contributed by atoms with van der Waals surface area (Å²) in [6, 6.07) is 0.173. The Labute approximate surface area is 119 Å². The van der Waals surface area contributed by atoms with E-state index in [0.717, 1.165) is 32.2 Å². The summed E-state index contributed by atoms with van der Waals surface area (Å²) >= 11 is 0. The second-order valence-corrected chi connectivity index (χ2v) is 8.67. The van der Waals surface area contributed by atoms with E-state index in [9.17, 15) is 8.42 Å². The van der Waals surface area contributed by atoms with Gasteiger partial charge in [-0.2, -0.15) is 0 Å². The number of hydrogen-bond donors (Lipinski definition) is 1. The molecule has 1 saturated carbocycles. The number of sulfone groups is 1. The van der Waals surface area contributed by atoms with Crippen LogP contribution in [0.3, 0.4) is 0 Å². The first-order valence-corrected chi connectivity index (χ1v) is 9.57. The molecule has 114 valence electrons. The minimum atomic E-state index is -2.97. The molecule has 1 aliphatic carbocycles. The van der Waals surface area contributed by atoms with Crippen LogP contribution in [-0.2, 0) is 9.84 Å². The summed E-state index contributed by atoms with van der Waals surface area (Å²) in [7, 11) is -2.97. The summed E-state index contributed by atoms with van der Waals surface area (Å²) in [6.07, 6.45) is 5.21. The van der Waals surface area contributed by atoms with E-state index in [1.165, 1.54) is 6.42 Å². The Morgan fingerprint density at radius 2 is 1.89 bits per heavy atom. The Bertz CT molecular complexity index is 351. The monoisotopic (exact) mass is 289 g/mol. The molecule has 0 amide bonds. The van der Waals surface area contributed by atoms with Crippen LogP contribution in [0.15, 0.2) is 0 Å². The van der Waals surface area contributed by atoms with Crippen molar-refractivity contribution in [3.05, 3.63) is 0 Å². The van der Waals surface area contributed by atoms with Crippen LogP contribution in [0.4, 0.5) is 0 Å². The Kier molecular flexibility index (Phi) is 6.81. The van der Waals surface area contributed by atoms with Crippen molar-refractivity contribution in [2.75, 3.05) is 12.3 Å². The van der Waals surface area contributed by atoms with Crippen molar-refractivity contribution in [2.24, 2.45) is 11.8 Å². The standard InChI is InChI=1S/C15H31NO2S/c1-5-9-16-14-8-7-13(6-2)10-15(14)19(17,18)11-12(3)4/h12-16H,5-11H2,1-4H3. The van der Waals surface area contributed by atoms with Crippen LogP contribution in [-0.4, -0.2) is 32.0 Å². The van der Waals surface area contributed by atoms with Crippen LogP contribution in [0.2, 0.25) is 0 Å².